The minimum Gasteiger partial charge on any atom is -0.454 e. The van der Waals surface area contributed by atoms with E-state index in [0.29, 0.717) is 0 Å². The van der Waals surface area contributed by atoms with E-state index in [1.165, 1.54) is 5.56 Å². The van der Waals surface area contributed by atoms with Gasteiger partial charge in [-0.2, -0.15) is 0 Å². The molecule has 1 aromatic heterocycles. The summed E-state index contributed by atoms with van der Waals surface area (Å²) in [6, 6.07) is 15.8. The van der Waals surface area contributed by atoms with Gasteiger partial charge in [-0.3, -0.25) is 9.59 Å². The molecule has 1 heterocycles. The molecule has 6 nitrogen and oxygen atoms in total. The van der Waals surface area contributed by atoms with Gasteiger partial charge in [-0.05, 0) is 49.4 Å². The number of hydrogen-bond donors (Lipinski definition) is 1. The summed E-state index contributed by atoms with van der Waals surface area (Å²) in [6.07, 6.45) is 2.97. The molecule has 0 fully saturated rings. The van der Waals surface area contributed by atoms with E-state index in [0.717, 1.165) is 41.7 Å². The largest absolute Gasteiger partial charge is 0.454 e. The molecule has 2 aromatic carbocycles. The fourth-order valence-corrected chi connectivity index (χ4v) is 3.86. The standard InChI is InChI=1S/C22H23N3O3/c1-15-23-19-10-4-5-12-20(19)25(15)13-22(27)28-14-21(26)24-18-11-6-8-16-7-2-3-9-17(16)18/h2-5,7,9-10,12,18H,6,8,11,13-14H2,1H3,(H,24,26). The Morgan fingerprint density at radius 1 is 1.18 bits per heavy atom. The van der Waals surface area contributed by atoms with E-state index in [-0.39, 0.29) is 25.1 Å². The number of nitrogens with zero attached hydrogens (tertiary/aromatic N) is 2. The summed E-state index contributed by atoms with van der Waals surface area (Å²) in [6.45, 7) is 1.61. The van der Waals surface area contributed by atoms with E-state index in [2.05, 4.69) is 22.4 Å². The summed E-state index contributed by atoms with van der Waals surface area (Å²) in [7, 11) is 0. The van der Waals surface area contributed by atoms with Crippen LogP contribution >= 0.6 is 0 Å². The van der Waals surface area contributed by atoms with Crippen molar-refractivity contribution in [2.24, 2.45) is 0 Å². The number of nitrogens with one attached hydrogen (secondary N) is 1. The lowest BCUT2D eigenvalue weighted by Gasteiger charge is -2.26. The number of carbonyl (C=O) groups is 2. The normalized spacial score (nSPS) is 15.8. The first-order valence-corrected chi connectivity index (χ1v) is 9.56. The fraction of sp³-hybridized carbons (Fsp3) is 0.318. The van der Waals surface area contributed by atoms with Gasteiger partial charge in [0.25, 0.3) is 5.91 Å². The summed E-state index contributed by atoms with van der Waals surface area (Å²) in [5, 5.41) is 2.99. The van der Waals surface area contributed by atoms with Crippen molar-refractivity contribution in [3.63, 3.8) is 0 Å². The van der Waals surface area contributed by atoms with Crippen LogP contribution in [0.5, 0.6) is 0 Å². The van der Waals surface area contributed by atoms with Gasteiger partial charge in [0, 0.05) is 0 Å². The number of benzene rings is 2. The Hall–Kier alpha value is -3.15. The van der Waals surface area contributed by atoms with Gasteiger partial charge < -0.3 is 14.6 Å². The second kappa shape index (κ2) is 7.84. The minimum absolute atomic E-state index is 0.0176. The molecule has 1 N–H and O–H groups in total. The van der Waals surface area contributed by atoms with Crippen LogP contribution in [0.1, 0.15) is 35.8 Å². The number of para-hydroxylation sites is 2. The molecule has 1 atom stereocenters. The number of carbonyl (C=O) groups excluding carboxylic acids is 2. The maximum atomic E-state index is 12.3. The number of imidazole rings is 1. The second-order valence-electron chi connectivity index (χ2n) is 7.11. The molecule has 0 radical (unpaired) electrons. The molecule has 0 aliphatic heterocycles. The Kier molecular flexibility index (Phi) is 5.10. The van der Waals surface area contributed by atoms with Crippen molar-refractivity contribution in [1.29, 1.82) is 0 Å². The van der Waals surface area contributed by atoms with Crippen LogP contribution in [0.25, 0.3) is 11.0 Å². The molecule has 0 saturated carbocycles. The average Bonchev–Trinajstić information content (AvgIpc) is 3.02. The van der Waals surface area contributed by atoms with Crippen LogP contribution in [-0.2, 0) is 27.3 Å². The van der Waals surface area contributed by atoms with Crippen LogP contribution in [-0.4, -0.2) is 28.0 Å². The molecule has 3 aromatic rings. The molecule has 0 spiro atoms. The number of amides is 1. The third-order valence-electron chi connectivity index (χ3n) is 5.20. The molecule has 0 bridgehead atoms. The summed E-state index contributed by atoms with van der Waals surface area (Å²) in [5.74, 6) is 0.00845. The van der Waals surface area contributed by atoms with Crippen molar-refractivity contribution in [3.05, 3.63) is 65.5 Å². The Morgan fingerprint density at radius 2 is 1.96 bits per heavy atom. The van der Waals surface area contributed by atoms with Crippen LogP contribution in [0.15, 0.2) is 48.5 Å². The monoisotopic (exact) mass is 377 g/mol. The predicted octanol–water partition coefficient (Wildman–Crippen LogP) is 3.08. The topological polar surface area (TPSA) is 73.2 Å². The van der Waals surface area contributed by atoms with E-state index >= 15 is 0 Å². The highest BCUT2D eigenvalue weighted by Gasteiger charge is 2.22. The SMILES string of the molecule is Cc1nc2ccccc2n1CC(=O)OCC(=O)NC1CCCc2ccccc21. The van der Waals surface area contributed by atoms with Gasteiger partial charge in [-0.25, -0.2) is 4.98 Å². The Labute approximate surface area is 163 Å². The zero-order chi connectivity index (χ0) is 19.5. The van der Waals surface area contributed by atoms with E-state index in [1.54, 1.807) is 4.57 Å². The number of hydrogen-bond acceptors (Lipinski definition) is 4. The average molecular weight is 377 g/mol. The summed E-state index contributed by atoms with van der Waals surface area (Å²) >= 11 is 0. The number of aryl methyl sites for hydroxylation is 2. The smallest absolute Gasteiger partial charge is 0.326 e. The highest BCUT2D eigenvalue weighted by molar-refractivity contribution is 5.82. The minimum atomic E-state index is -0.453. The molecule has 144 valence electrons. The van der Waals surface area contributed by atoms with E-state index in [9.17, 15) is 9.59 Å². The Morgan fingerprint density at radius 3 is 2.86 bits per heavy atom. The molecule has 1 aliphatic rings. The molecule has 1 unspecified atom stereocenters. The Bertz CT molecular complexity index is 1020. The quantitative estimate of drug-likeness (QED) is 0.694. The van der Waals surface area contributed by atoms with Crippen molar-refractivity contribution < 1.29 is 14.3 Å². The lowest BCUT2D eigenvalue weighted by Crippen LogP contribution is -2.34. The molecule has 1 amide bonds. The van der Waals surface area contributed by atoms with Crippen LogP contribution in [0.4, 0.5) is 0 Å². The third kappa shape index (κ3) is 3.76. The van der Waals surface area contributed by atoms with E-state index < -0.39 is 5.97 Å². The van der Waals surface area contributed by atoms with Gasteiger partial charge >= 0.3 is 5.97 Å². The van der Waals surface area contributed by atoms with Crippen molar-refractivity contribution in [1.82, 2.24) is 14.9 Å². The molecular formula is C22H23N3O3. The fourth-order valence-electron chi connectivity index (χ4n) is 3.86. The first-order valence-electron chi connectivity index (χ1n) is 9.56. The van der Waals surface area contributed by atoms with E-state index in [4.69, 9.17) is 4.74 Å². The summed E-state index contributed by atoms with van der Waals surface area (Å²) in [5.41, 5.74) is 4.15. The first-order chi connectivity index (χ1) is 13.6. The van der Waals surface area contributed by atoms with Gasteiger partial charge in [0.05, 0.1) is 17.1 Å². The zero-order valence-electron chi connectivity index (χ0n) is 15.9. The molecule has 4 rings (SSSR count). The van der Waals surface area contributed by atoms with Crippen LogP contribution in [0, 0.1) is 6.92 Å². The molecule has 1 aliphatic carbocycles. The van der Waals surface area contributed by atoms with Crippen molar-refractivity contribution in [3.8, 4) is 0 Å². The number of ether oxygens (including phenoxy) is 1. The Balaban J connectivity index is 1.34. The number of esters is 1. The van der Waals surface area contributed by atoms with Crippen LogP contribution in [0.3, 0.4) is 0 Å². The molecule has 28 heavy (non-hydrogen) atoms. The van der Waals surface area contributed by atoms with Gasteiger partial charge in [0.2, 0.25) is 0 Å². The number of aromatic nitrogens is 2. The maximum Gasteiger partial charge on any atom is 0.326 e. The maximum absolute atomic E-state index is 12.3. The summed E-state index contributed by atoms with van der Waals surface area (Å²) in [4.78, 5) is 29.0. The van der Waals surface area contributed by atoms with E-state index in [1.807, 2.05) is 43.3 Å². The molecule has 0 saturated heterocycles. The van der Waals surface area contributed by atoms with Crippen molar-refractivity contribution in [2.75, 3.05) is 6.61 Å². The van der Waals surface area contributed by atoms with Crippen LogP contribution in [0.2, 0.25) is 0 Å². The summed E-state index contributed by atoms with van der Waals surface area (Å²) < 4.78 is 7.01. The third-order valence-corrected chi connectivity index (χ3v) is 5.20. The highest BCUT2D eigenvalue weighted by atomic mass is 16.5. The highest BCUT2D eigenvalue weighted by Crippen LogP contribution is 2.29. The van der Waals surface area contributed by atoms with Gasteiger partial charge in [-0.1, -0.05) is 36.4 Å². The molecular weight excluding hydrogens is 354 g/mol. The predicted molar refractivity (Wildman–Crippen MR) is 106 cm³/mol. The molecule has 6 heteroatoms. The second-order valence-corrected chi connectivity index (χ2v) is 7.11. The van der Waals surface area contributed by atoms with Crippen molar-refractivity contribution >= 4 is 22.9 Å². The van der Waals surface area contributed by atoms with Gasteiger partial charge in [-0.15, -0.1) is 0 Å². The van der Waals surface area contributed by atoms with Crippen molar-refractivity contribution in [2.45, 2.75) is 38.8 Å². The first kappa shape index (κ1) is 18.2. The number of rotatable bonds is 5. The number of fused-ring (bicyclic) bond motifs is 2. The van der Waals surface area contributed by atoms with Crippen LogP contribution < -0.4 is 5.32 Å². The van der Waals surface area contributed by atoms with Gasteiger partial charge in [0.1, 0.15) is 12.4 Å². The van der Waals surface area contributed by atoms with Gasteiger partial charge in [0.15, 0.2) is 6.61 Å². The lowest BCUT2D eigenvalue weighted by molar-refractivity contribution is -0.149. The zero-order valence-corrected chi connectivity index (χ0v) is 15.9. The lowest BCUT2D eigenvalue weighted by atomic mass is 9.88.